The molecule has 3 N–H and O–H groups in total. The van der Waals surface area contributed by atoms with Gasteiger partial charge in [-0.3, -0.25) is 9.52 Å². The summed E-state index contributed by atoms with van der Waals surface area (Å²) >= 11 is 0. The Morgan fingerprint density at radius 1 is 1.09 bits per heavy atom. The predicted molar refractivity (Wildman–Crippen MR) is 118 cm³/mol. The van der Waals surface area contributed by atoms with E-state index in [0.717, 1.165) is 36.6 Å². The lowest BCUT2D eigenvalue weighted by Gasteiger charge is -2.16. The summed E-state index contributed by atoms with van der Waals surface area (Å²) in [5.41, 5.74) is -1.69. The average molecular weight is 506 g/mol. The number of rotatable bonds is 8. The van der Waals surface area contributed by atoms with Crippen LogP contribution in [0.15, 0.2) is 30.3 Å². The number of hydrogen-bond donors (Lipinski definition) is 3. The minimum Gasteiger partial charge on any atom is -0.367 e. The van der Waals surface area contributed by atoms with Gasteiger partial charge in [-0.2, -0.15) is 13.2 Å². The number of anilines is 2. The summed E-state index contributed by atoms with van der Waals surface area (Å²) in [7, 11) is -3.91. The van der Waals surface area contributed by atoms with Gasteiger partial charge in [0.2, 0.25) is 15.9 Å². The first-order chi connectivity index (χ1) is 15.6. The van der Waals surface area contributed by atoms with Crippen LogP contribution in [0.3, 0.4) is 0 Å². The highest BCUT2D eigenvalue weighted by Crippen LogP contribution is 2.30. The van der Waals surface area contributed by atoms with Crippen LogP contribution < -0.4 is 15.4 Å². The molecule has 0 saturated heterocycles. The molecule has 2 aromatic rings. The van der Waals surface area contributed by atoms with Crippen molar-refractivity contribution in [1.29, 1.82) is 0 Å². The molecule has 0 radical (unpaired) electrons. The molecule has 0 aliphatic rings. The molecule has 34 heavy (non-hydrogen) atoms. The molecule has 0 aliphatic heterocycles. The minimum absolute atomic E-state index is 0.0224. The zero-order valence-electron chi connectivity index (χ0n) is 18.6. The number of sulfonamides is 1. The molecule has 0 fully saturated rings. The number of alkyl halides is 3. The zero-order chi connectivity index (χ0) is 25.8. The first kappa shape index (κ1) is 27.0. The summed E-state index contributed by atoms with van der Waals surface area (Å²) in [5.74, 6) is -3.10. The highest BCUT2D eigenvalue weighted by Gasteiger charge is 2.33. The smallest absolute Gasteiger partial charge is 0.367 e. The van der Waals surface area contributed by atoms with E-state index < -0.39 is 51.2 Å². The molecule has 1 amide bonds. The van der Waals surface area contributed by atoms with Crippen molar-refractivity contribution < 1.29 is 35.2 Å². The lowest BCUT2D eigenvalue weighted by atomic mass is 10.1. The van der Waals surface area contributed by atoms with Gasteiger partial charge in [0.15, 0.2) is 11.6 Å². The molecule has 2 rings (SSSR count). The molecule has 1 aromatic heterocycles. The minimum atomic E-state index is -4.64. The van der Waals surface area contributed by atoms with Crippen molar-refractivity contribution in [3.63, 3.8) is 0 Å². The second kappa shape index (κ2) is 10.4. The molecular formula is C21H23F5N4O3S. The zero-order valence-corrected chi connectivity index (χ0v) is 19.4. The number of amides is 1. The van der Waals surface area contributed by atoms with Gasteiger partial charge in [0.1, 0.15) is 17.2 Å². The van der Waals surface area contributed by atoms with Gasteiger partial charge >= 0.3 is 6.18 Å². The Morgan fingerprint density at radius 2 is 1.68 bits per heavy atom. The van der Waals surface area contributed by atoms with Crippen LogP contribution >= 0.6 is 0 Å². The number of nitrogens with one attached hydrogen (secondary N) is 3. The number of nitrogens with zero attached hydrogens (tertiary/aromatic N) is 1. The lowest BCUT2D eigenvalue weighted by molar-refractivity contribution is -0.141. The summed E-state index contributed by atoms with van der Waals surface area (Å²) in [6.45, 7) is 4.85. The molecule has 7 nitrogen and oxygen atoms in total. The topological polar surface area (TPSA) is 100 Å². The fraction of sp³-hybridized carbons (Fsp3) is 0.333. The summed E-state index contributed by atoms with van der Waals surface area (Å²) in [4.78, 5) is 15.9. The van der Waals surface area contributed by atoms with Crippen molar-refractivity contribution in [1.82, 2.24) is 10.3 Å². The van der Waals surface area contributed by atoms with E-state index in [1.807, 2.05) is 0 Å². The van der Waals surface area contributed by atoms with Crippen LogP contribution in [0, 0.1) is 11.6 Å². The number of pyridine rings is 1. The fourth-order valence-corrected chi connectivity index (χ4v) is 3.35. The highest BCUT2D eigenvalue weighted by molar-refractivity contribution is 7.92. The van der Waals surface area contributed by atoms with Gasteiger partial charge in [-0.15, -0.1) is 0 Å². The molecule has 0 bridgehead atoms. The Hall–Kier alpha value is -3.22. The van der Waals surface area contributed by atoms with Crippen LogP contribution in [0.1, 0.15) is 43.6 Å². The van der Waals surface area contributed by atoms with Crippen molar-refractivity contribution in [2.45, 2.75) is 39.0 Å². The number of halogens is 5. The maximum absolute atomic E-state index is 14.2. The van der Waals surface area contributed by atoms with Gasteiger partial charge in [-0.05, 0) is 56.7 Å². The molecular weight excluding hydrogens is 483 g/mol. The van der Waals surface area contributed by atoms with E-state index in [4.69, 9.17) is 0 Å². The third kappa shape index (κ3) is 7.68. The van der Waals surface area contributed by atoms with Gasteiger partial charge in [0.05, 0.1) is 12.3 Å². The Morgan fingerprint density at radius 3 is 2.18 bits per heavy atom. The molecule has 1 heterocycles. The Balaban J connectivity index is 2.20. The van der Waals surface area contributed by atoms with E-state index in [1.54, 1.807) is 18.6 Å². The Bertz CT molecular complexity index is 1170. The molecule has 0 unspecified atom stereocenters. The van der Waals surface area contributed by atoms with E-state index >= 15 is 0 Å². The normalized spacial score (nSPS) is 13.2. The third-order valence-corrected chi connectivity index (χ3v) is 4.84. The molecule has 0 saturated carbocycles. The number of carbonyl (C=O) groups is 1. The monoisotopic (exact) mass is 506 g/mol. The SMILES string of the molecule is CC(C)Nc1nc(C(F)(F)F)ccc1C=CC(=O)N[C@H](C)c1cc(F)c(NS(C)(=O)=O)c(F)c1. The number of hydrogen-bond acceptors (Lipinski definition) is 5. The Kier molecular flexibility index (Phi) is 8.24. The van der Waals surface area contributed by atoms with Crippen LogP contribution in [0.2, 0.25) is 0 Å². The lowest BCUT2D eigenvalue weighted by Crippen LogP contribution is -2.25. The fourth-order valence-electron chi connectivity index (χ4n) is 2.79. The molecule has 13 heteroatoms. The number of benzene rings is 1. The largest absolute Gasteiger partial charge is 0.433 e. The number of carbonyl (C=O) groups excluding carboxylic acids is 1. The van der Waals surface area contributed by atoms with E-state index in [1.165, 1.54) is 13.0 Å². The van der Waals surface area contributed by atoms with Crippen molar-refractivity contribution in [3.05, 3.63) is 58.8 Å². The van der Waals surface area contributed by atoms with Crippen molar-refractivity contribution in [2.75, 3.05) is 16.3 Å². The van der Waals surface area contributed by atoms with E-state index in [-0.39, 0.29) is 23.0 Å². The van der Waals surface area contributed by atoms with Crippen LogP contribution in [-0.4, -0.2) is 31.6 Å². The first-order valence-electron chi connectivity index (χ1n) is 9.87. The van der Waals surface area contributed by atoms with Crippen molar-refractivity contribution >= 4 is 33.5 Å². The highest BCUT2D eigenvalue weighted by atomic mass is 32.2. The molecule has 1 atom stereocenters. The van der Waals surface area contributed by atoms with E-state index in [0.29, 0.717) is 0 Å². The van der Waals surface area contributed by atoms with Gasteiger partial charge in [0, 0.05) is 17.7 Å². The van der Waals surface area contributed by atoms with Crippen molar-refractivity contribution in [3.8, 4) is 0 Å². The first-order valence-corrected chi connectivity index (χ1v) is 11.8. The standard InChI is InChI=1S/C21H23F5N4O3S/c1-11(2)27-20-13(5-7-17(29-20)21(24,25)26)6-8-18(31)28-12(3)14-9-15(22)19(16(23)10-14)30-34(4,32)33/h5-12,30H,1-4H3,(H,27,29)(H,28,31)/t12-/m1/s1. The van der Waals surface area contributed by atoms with Gasteiger partial charge in [-0.1, -0.05) is 0 Å². The summed E-state index contributed by atoms with van der Waals surface area (Å²) in [6.07, 6.45) is -1.61. The third-order valence-electron chi connectivity index (χ3n) is 4.27. The number of aromatic nitrogens is 1. The average Bonchev–Trinajstić information content (AvgIpc) is 2.67. The molecule has 0 spiro atoms. The van der Waals surface area contributed by atoms with Gasteiger partial charge in [0.25, 0.3) is 0 Å². The van der Waals surface area contributed by atoms with Crippen LogP contribution in [0.5, 0.6) is 0 Å². The van der Waals surface area contributed by atoms with Gasteiger partial charge < -0.3 is 10.6 Å². The molecule has 0 aliphatic carbocycles. The van der Waals surface area contributed by atoms with Crippen molar-refractivity contribution in [2.24, 2.45) is 0 Å². The van der Waals surface area contributed by atoms with Crippen LogP contribution in [0.25, 0.3) is 6.08 Å². The van der Waals surface area contributed by atoms with Crippen LogP contribution in [-0.2, 0) is 21.0 Å². The second-order valence-corrected chi connectivity index (χ2v) is 9.48. The van der Waals surface area contributed by atoms with E-state index in [2.05, 4.69) is 15.6 Å². The maximum atomic E-state index is 14.2. The maximum Gasteiger partial charge on any atom is 0.433 e. The Labute approximate surface area is 193 Å². The van der Waals surface area contributed by atoms with E-state index in [9.17, 15) is 35.2 Å². The predicted octanol–water partition coefficient (Wildman–Crippen LogP) is 4.46. The van der Waals surface area contributed by atoms with Gasteiger partial charge in [-0.25, -0.2) is 22.2 Å². The summed E-state index contributed by atoms with van der Waals surface area (Å²) in [5, 5.41) is 5.25. The summed E-state index contributed by atoms with van der Waals surface area (Å²) in [6, 6.07) is 2.56. The molecule has 186 valence electrons. The quantitative estimate of drug-likeness (QED) is 0.363. The second-order valence-electron chi connectivity index (χ2n) is 7.73. The summed E-state index contributed by atoms with van der Waals surface area (Å²) < 4.78 is 91.5. The molecule has 1 aromatic carbocycles. The van der Waals surface area contributed by atoms with Crippen LogP contribution in [0.4, 0.5) is 33.5 Å².